The molecule has 0 N–H and O–H groups in total. The Hall–Kier alpha value is -0.780. The first kappa shape index (κ1) is 7.33. The Kier molecular flexibility index (Phi) is 2.49. The van der Waals surface area contributed by atoms with Crippen LogP contribution in [0, 0.1) is 0 Å². The van der Waals surface area contributed by atoms with Crippen LogP contribution in [0.4, 0.5) is 0 Å². The highest BCUT2D eigenvalue weighted by Crippen LogP contribution is 2.20. The Labute approximate surface area is 62.9 Å². The second kappa shape index (κ2) is 3.40. The van der Waals surface area contributed by atoms with Crippen LogP contribution in [0.15, 0.2) is 36.0 Å². The minimum Gasteiger partial charge on any atom is -0.103 e. The molecule has 1 rings (SSSR count). The van der Waals surface area contributed by atoms with E-state index in [1.807, 2.05) is 6.08 Å². The van der Waals surface area contributed by atoms with E-state index in [2.05, 4.69) is 25.7 Å². The lowest BCUT2D eigenvalue weighted by Crippen LogP contribution is -1.75. The molecule has 0 radical (unpaired) electrons. The summed E-state index contributed by atoms with van der Waals surface area (Å²) in [4.78, 5) is 0. The standard InChI is InChI=1S/C10H14/c1-3-4-5-10-7-6-9(2)8-10/h3,6,8H,1,4-5,7H2,2H3. The Bertz CT molecular complexity index is 182. The van der Waals surface area contributed by atoms with Gasteiger partial charge in [-0.2, -0.15) is 0 Å². The summed E-state index contributed by atoms with van der Waals surface area (Å²) in [6.07, 6.45) is 10.0. The summed E-state index contributed by atoms with van der Waals surface area (Å²) in [5.74, 6) is 0. The van der Waals surface area contributed by atoms with Crippen molar-refractivity contribution in [1.82, 2.24) is 0 Å². The van der Waals surface area contributed by atoms with Gasteiger partial charge in [-0.25, -0.2) is 0 Å². The maximum Gasteiger partial charge on any atom is -0.0130 e. The van der Waals surface area contributed by atoms with Gasteiger partial charge in [0.25, 0.3) is 0 Å². The maximum atomic E-state index is 3.70. The lowest BCUT2D eigenvalue weighted by atomic mass is 10.1. The Morgan fingerprint density at radius 2 is 2.50 bits per heavy atom. The van der Waals surface area contributed by atoms with Crippen molar-refractivity contribution in [1.29, 1.82) is 0 Å². The summed E-state index contributed by atoms with van der Waals surface area (Å²) < 4.78 is 0. The van der Waals surface area contributed by atoms with E-state index in [-0.39, 0.29) is 0 Å². The zero-order chi connectivity index (χ0) is 7.40. The molecule has 54 valence electrons. The highest BCUT2D eigenvalue weighted by Gasteiger charge is 2.00. The Balaban J connectivity index is 2.33. The lowest BCUT2D eigenvalue weighted by Gasteiger charge is -1.95. The Morgan fingerprint density at radius 1 is 1.70 bits per heavy atom. The van der Waals surface area contributed by atoms with Crippen molar-refractivity contribution < 1.29 is 0 Å². The van der Waals surface area contributed by atoms with E-state index < -0.39 is 0 Å². The molecule has 0 aromatic carbocycles. The van der Waals surface area contributed by atoms with Gasteiger partial charge in [-0.1, -0.05) is 29.4 Å². The molecule has 0 fully saturated rings. The van der Waals surface area contributed by atoms with Gasteiger partial charge in [-0.3, -0.25) is 0 Å². The van der Waals surface area contributed by atoms with Crippen LogP contribution in [-0.2, 0) is 0 Å². The van der Waals surface area contributed by atoms with E-state index >= 15 is 0 Å². The smallest absolute Gasteiger partial charge is 0.0130 e. The average Bonchev–Trinajstić information content (AvgIpc) is 2.31. The van der Waals surface area contributed by atoms with Gasteiger partial charge in [0.15, 0.2) is 0 Å². The van der Waals surface area contributed by atoms with E-state index in [4.69, 9.17) is 0 Å². The van der Waals surface area contributed by atoms with Crippen molar-refractivity contribution in [3.05, 3.63) is 36.0 Å². The van der Waals surface area contributed by atoms with Crippen molar-refractivity contribution in [3.63, 3.8) is 0 Å². The van der Waals surface area contributed by atoms with Crippen LogP contribution >= 0.6 is 0 Å². The molecule has 0 nitrogen and oxygen atoms in total. The Morgan fingerprint density at radius 3 is 3.00 bits per heavy atom. The van der Waals surface area contributed by atoms with Crippen LogP contribution in [0.1, 0.15) is 26.2 Å². The highest BCUT2D eigenvalue weighted by atomic mass is 14.1. The highest BCUT2D eigenvalue weighted by molar-refractivity contribution is 5.30. The van der Waals surface area contributed by atoms with Gasteiger partial charge in [0.2, 0.25) is 0 Å². The lowest BCUT2D eigenvalue weighted by molar-refractivity contribution is 0.953. The minimum atomic E-state index is 1.12. The molecule has 0 unspecified atom stereocenters. The molecule has 0 saturated heterocycles. The van der Waals surface area contributed by atoms with E-state index in [1.54, 1.807) is 5.57 Å². The molecule has 0 spiro atoms. The predicted molar refractivity (Wildman–Crippen MR) is 45.9 cm³/mol. The predicted octanol–water partition coefficient (Wildman–Crippen LogP) is 3.23. The van der Waals surface area contributed by atoms with Crippen molar-refractivity contribution >= 4 is 0 Å². The minimum absolute atomic E-state index is 1.12. The fraction of sp³-hybridized carbons (Fsp3) is 0.400. The first-order valence-electron chi connectivity index (χ1n) is 3.80. The fourth-order valence-corrected chi connectivity index (χ4v) is 1.19. The van der Waals surface area contributed by atoms with E-state index in [9.17, 15) is 0 Å². The van der Waals surface area contributed by atoms with Crippen LogP contribution in [0.5, 0.6) is 0 Å². The normalized spacial score (nSPS) is 16.5. The number of hydrogen-bond acceptors (Lipinski definition) is 0. The van der Waals surface area contributed by atoms with Crippen molar-refractivity contribution in [2.45, 2.75) is 26.2 Å². The largest absolute Gasteiger partial charge is 0.103 e. The summed E-state index contributed by atoms with van der Waals surface area (Å²) >= 11 is 0. The molecule has 0 saturated carbocycles. The molecule has 1 aliphatic rings. The van der Waals surface area contributed by atoms with Crippen molar-refractivity contribution in [2.24, 2.45) is 0 Å². The molecular weight excluding hydrogens is 120 g/mol. The van der Waals surface area contributed by atoms with Gasteiger partial charge >= 0.3 is 0 Å². The molecule has 0 aliphatic heterocycles. The average molecular weight is 134 g/mol. The second-order valence-corrected chi connectivity index (χ2v) is 2.78. The zero-order valence-electron chi connectivity index (χ0n) is 6.56. The molecule has 10 heavy (non-hydrogen) atoms. The second-order valence-electron chi connectivity index (χ2n) is 2.78. The van der Waals surface area contributed by atoms with Gasteiger partial charge in [0, 0.05) is 0 Å². The monoisotopic (exact) mass is 134 g/mol. The van der Waals surface area contributed by atoms with Crippen molar-refractivity contribution in [3.8, 4) is 0 Å². The fourth-order valence-electron chi connectivity index (χ4n) is 1.19. The van der Waals surface area contributed by atoms with E-state index in [1.165, 1.54) is 18.4 Å². The molecule has 0 bridgehead atoms. The van der Waals surface area contributed by atoms with Crippen LogP contribution in [0.25, 0.3) is 0 Å². The van der Waals surface area contributed by atoms with Gasteiger partial charge in [-0.15, -0.1) is 6.58 Å². The summed E-state index contributed by atoms with van der Waals surface area (Å²) in [6, 6.07) is 0. The molecule has 0 amide bonds. The third kappa shape index (κ3) is 1.87. The van der Waals surface area contributed by atoms with E-state index in [0.29, 0.717) is 0 Å². The van der Waals surface area contributed by atoms with Crippen LogP contribution < -0.4 is 0 Å². The van der Waals surface area contributed by atoms with Crippen LogP contribution in [-0.4, -0.2) is 0 Å². The number of allylic oxidation sites excluding steroid dienone is 5. The molecule has 0 aromatic rings. The van der Waals surface area contributed by atoms with Gasteiger partial charge < -0.3 is 0 Å². The summed E-state index contributed by atoms with van der Waals surface area (Å²) in [6.45, 7) is 5.85. The first-order chi connectivity index (χ1) is 4.83. The topological polar surface area (TPSA) is 0 Å². The molecule has 0 heterocycles. The third-order valence-electron chi connectivity index (χ3n) is 1.79. The quantitative estimate of drug-likeness (QED) is 0.520. The first-order valence-corrected chi connectivity index (χ1v) is 3.80. The molecule has 1 aliphatic carbocycles. The van der Waals surface area contributed by atoms with Gasteiger partial charge in [0.05, 0.1) is 0 Å². The number of rotatable bonds is 3. The van der Waals surface area contributed by atoms with Crippen LogP contribution in [0.2, 0.25) is 0 Å². The summed E-state index contributed by atoms with van der Waals surface area (Å²) in [7, 11) is 0. The molecule has 0 heteroatoms. The third-order valence-corrected chi connectivity index (χ3v) is 1.79. The van der Waals surface area contributed by atoms with Gasteiger partial charge in [-0.05, 0) is 26.2 Å². The molecular formula is C10H14. The molecule has 0 aromatic heterocycles. The summed E-state index contributed by atoms with van der Waals surface area (Å²) in [5.41, 5.74) is 2.97. The zero-order valence-corrected chi connectivity index (χ0v) is 6.56. The number of hydrogen-bond donors (Lipinski definition) is 0. The van der Waals surface area contributed by atoms with Crippen molar-refractivity contribution in [2.75, 3.05) is 0 Å². The maximum absolute atomic E-state index is 3.70. The summed E-state index contributed by atoms with van der Waals surface area (Å²) in [5, 5.41) is 0. The van der Waals surface area contributed by atoms with Gasteiger partial charge in [0.1, 0.15) is 0 Å². The van der Waals surface area contributed by atoms with E-state index in [0.717, 1.165) is 6.42 Å². The SMILES string of the molecule is C=CCCC1=CC(C)=CC1. The molecule has 0 atom stereocenters. The van der Waals surface area contributed by atoms with Crippen LogP contribution in [0.3, 0.4) is 0 Å².